The second-order valence-corrected chi connectivity index (χ2v) is 4.82. The number of hydrogen-bond donors (Lipinski definition) is 1. The largest absolute Gasteiger partial charge is 0.388 e. The highest BCUT2D eigenvalue weighted by Gasteiger charge is 2.00. The minimum absolute atomic E-state index is 0.945. The Hall–Kier alpha value is -1.67. The molecule has 0 unspecified atom stereocenters. The van der Waals surface area contributed by atoms with Crippen LogP contribution in [0.2, 0.25) is 0 Å². The molecule has 0 aliphatic carbocycles. The van der Waals surface area contributed by atoms with E-state index in [4.69, 9.17) is 0 Å². The normalized spacial score (nSPS) is 9.94. The molecular formula is C15H15NS. The molecule has 2 aromatic rings. The zero-order valence-corrected chi connectivity index (χ0v) is 10.6. The molecule has 0 bridgehead atoms. The molecule has 2 rings (SSSR count). The highest BCUT2D eigenvalue weighted by molar-refractivity contribution is 7.99. The lowest BCUT2D eigenvalue weighted by atomic mass is 10.2. The first-order valence-corrected chi connectivity index (χ1v) is 6.31. The van der Waals surface area contributed by atoms with E-state index in [0.29, 0.717) is 0 Å². The predicted octanol–water partition coefficient (Wildman–Crippen LogP) is 4.03. The molecule has 1 N–H and O–H groups in total. The first-order chi connectivity index (χ1) is 8.29. The Bertz CT molecular complexity index is 505. The summed E-state index contributed by atoms with van der Waals surface area (Å²) in [5.41, 5.74) is 2.08. The maximum Gasteiger partial charge on any atom is 0.0338 e. The van der Waals surface area contributed by atoms with Gasteiger partial charge in [-0.2, -0.15) is 0 Å². The summed E-state index contributed by atoms with van der Waals surface area (Å²) in [7, 11) is 1.89. The number of benzene rings is 2. The Labute approximate surface area is 107 Å². The van der Waals surface area contributed by atoms with Crippen LogP contribution in [0, 0.1) is 0 Å². The fourth-order valence-electron chi connectivity index (χ4n) is 1.52. The van der Waals surface area contributed by atoms with Gasteiger partial charge in [-0.1, -0.05) is 48.7 Å². The Morgan fingerprint density at radius 2 is 1.71 bits per heavy atom. The first kappa shape index (κ1) is 11.8. The third-order valence-corrected chi connectivity index (χ3v) is 3.46. The standard InChI is InChI=1S/C15H15NS/c1-12(16-2)13-7-6-10-15(11-13)17-14-8-4-3-5-9-14/h3-11,16H,1H2,2H3. The summed E-state index contributed by atoms with van der Waals surface area (Å²) in [5, 5.41) is 3.07. The van der Waals surface area contributed by atoms with E-state index in [9.17, 15) is 0 Å². The van der Waals surface area contributed by atoms with Gasteiger partial charge in [-0.25, -0.2) is 0 Å². The van der Waals surface area contributed by atoms with Gasteiger partial charge in [0.25, 0.3) is 0 Å². The van der Waals surface area contributed by atoms with Crippen LogP contribution < -0.4 is 5.32 Å². The van der Waals surface area contributed by atoms with Crippen LogP contribution in [0.4, 0.5) is 0 Å². The molecule has 0 amide bonds. The van der Waals surface area contributed by atoms with Crippen molar-refractivity contribution in [2.24, 2.45) is 0 Å². The van der Waals surface area contributed by atoms with Crippen molar-refractivity contribution in [3.05, 3.63) is 66.7 Å². The second-order valence-electron chi connectivity index (χ2n) is 3.67. The highest BCUT2D eigenvalue weighted by Crippen LogP contribution is 2.28. The van der Waals surface area contributed by atoms with Gasteiger partial charge in [0.15, 0.2) is 0 Å². The van der Waals surface area contributed by atoms with Crippen LogP contribution in [-0.2, 0) is 0 Å². The zero-order chi connectivity index (χ0) is 12.1. The number of nitrogens with one attached hydrogen (secondary N) is 1. The number of hydrogen-bond acceptors (Lipinski definition) is 2. The van der Waals surface area contributed by atoms with Gasteiger partial charge in [-0.05, 0) is 29.8 Å². The van der Waals surface area contributed by atoms with Crippen molar-refractivity contribution in [2.75, 3.05) is 7.05 Å². The van der Waals surface area contributed by atoms with Crippen LogP contribution in [0.1, 0.15) is 5.56 Å². The molecule has 2 heteroatoms. The molecule has 0 aliphatic rings. The van der Waals surface area contributed by atoms with E-state index in [-0.39, 0.29) is 0 Å². The molecule has 0 radical (unpaired) electrons. The average Bonchev–Trinajstić information content (AvgIpc) is 2.39. The van der Waals surface area contributed by atoms with Crippen LogP contribution in [0.15, 0.2) is 71.0 Å². The average molecular weight is 241 g/mol. The van der Waals surface area contributed by atoms with Crippen LogP contribution in [0.3, 0.4) is 0 Å². The van der Waals surface area contributed by atoms with E-state index in [1.165, 1.54) is 9.79 Å². The molecule has 17 heavy (non-hydrogen) atoms. The molecular weight excluding hydrogens is 226 g/mol. The van der Waals surface area contributed by atoms with Crippen molar-refractivity contribution in [2.45, 2.75) is 9.79 Å². The highest BCUT2D eigenvalue weighted by atomic mass is 32.2. The number of rotatable bonds is 4. The quantitative estimate of drug-likeness (QED) is 0.867. The minimum atomic E-state index is 0.945. The van der Waals surface area contributed by atoms with Crippen molar-refractivity contribution in [3.63, 3.8) is 0 Å². The summed E-state index contributed by atoms with van der Waals surface area (Å²) in [6.45, 7) is 3.97. The Kier molecular flexibility index (Phi) is 3.89. The van der Waals surface area contributed by atoms with E-state index >= 15 is 0 Å². The van der Waals surface area contributed by atoms with E-state index < -0.39 is 0 Å². The molecule has 0 heterocycles. The summed E-state index contributed by atoms with van der Waals surface area (Å²) in [4.78, 5) is 2.48. The van der Waals surface area contributed by atoms with Crippen LogP contribution in [-0.4, -0.2) is 7.05 Å². The van der Waals surface area contributed by atoms with E-state index in [1.807, 2.05) is 13.1 Å². The predicted molar refractivity (Wildman–Crippen MR) is 75.1 cm³/mol. The lowest BCUT2D eigenvalue weighted by Crippen LogP contribution is -2.02. The van der Waals surface area contributed by atoms with E-state index in [2.05, 4.69) is 60.4 Å². The van der Waals surface area contributed by atoms with Gasteiger partial charge in [0.05, 0.1) is 0 Å². The Balaban J connectivity index is 2.20. The van der Waals surface area contributed by atoms with Crippen molar-refractivity contribution in [1.82, 2.24) is 5.32 Å². The molecule has 1 nitrogen and oxygen atoms in total. The third kappa shape index (κ3) is 3.14. The van der Waals surface area contributed by atoms with Crippen LogP contribution >= 0.6 is 11.8 Å². The Morgan fingerprint density at radius 1 is 1.00 bits per heavy atom. The smallest absolute Gasteiger partial charge is 0.0338 e. The van der Waals surface area contributed by atoms with Crippen LogP contribution in [0.5, 0.6) is 0 Å². The third-order valence-electron chi connectivity index (χ3n) is 2.46. The summed E-state index contributed by atoms with van der Waals surface area (Å²) < 4.78 is 0. The lowest BCUT2D eigenvalue weighted by molar-refractivity contribution is 1.13. The molecule has 0 spiro atoms. The van der Waals surface area contributed by atoms with Gasteiger partial charge in [-0.3, -0.25) is 0 Å². The molecule has 0 atom stereocenters. The van der Waals surface area contributed by atoms with Gasteiger partial charge in [0, 0.05) is 22.5 Å². The summed E-state index contributed by atoms with van der Waals surface area (Å²) >= 11 is 1.76. The SMILES string of the molecule is C=C(NC)c1cccc(Sc2ccccc2)c1. The molecule has 2 aromatic carbocycles. The molecule has 0 fully saturated rings. The first-order valence-electron chi connectivity index (χ1n) is 5.49. The maximum absolute atomic E-state index is 3.97. The molecule has 0 aliphatic heterocycles. The maximum atomic E-state index is 3.97. The fraction of sp³-hybridized carbons (Fsp3) is 0.0667. The van der Waals surface area contributed by atoms with Gasteiger partial charge in [0.1, 0.15) is 0 Å². The monoisotopic (exact) mass is 241 g/mol. The van der Waals surface area contributed by atoms with Gasteiger partial charge in [0.2, 0.25) is 0 Å². The van der Waals surface area contributed by atoms with E-state index in [0.717, 1.165) is 11.3 Å². The fourth-order valence-corrected chi connectivity index (χ4v) is 2.41. The van der Waals surface area contributed by atoms with Crippen molar-refractivity contribution in [1.29, 1.82) is 0 Å². The van der Waals surface area contributed by atoms with Crippen LogP contribution in [0.25, 0.3) is 5.70 Å². The lowest BCUT2D eigenvalue weighted by Gasteiger charge is -2.07. The minimum Gasteiger partial charge on any atom is -0.388 e. The van der Waals surface area contributed by atoms with Gasteiger partial charge in [-0.15, -0.1) is 0 Å². The van der Waals surface area contributed by atoms with Crippen molar-refractivity contribution < 1.29 is 0 Å². The molecule has 0 saturated carbocycles. The van der Waals surface area contributed by atoms with Crippen molar-refractivity contribution in [3.8, 4) is 0 Å². The summed E-state index contributed by atoms with van der Waals surface area (Å²) in [6, 6.07) is 18.8. The zero-order valence-electron chi connectivity index (χ0n) is 9.81. The summed E-state index contributed by atoms with van der Waals surface area (Å²) in [6.07, 6.45) is 0. The van der Waals surface area contributed by atoms with Gasteiger partial charge >= 0.3 is 0 Å². The second kappa shape index (κ2) is 5.60. The molecule has 0 saturated heterocycles. The molecule has 0 aromatic heterocycles. The summed E-state index contributed by atoms with van der Waals surface area (Å²) in [5.74, 6) is 0. The van der Waals surface area contributed by atoms with E-state index in [1.54, 1.807) is 11.8 Å². The molecule has 86 valence electrons. The van der Waals surface area contributed by atoms with Gasteiger partial charge < -0.3 is 5.32 Å². The Morgan fingerprint density at radius 3 is 2.41 bits per heavy atom. The topological polar surface area (TPSA) is 12.0 Å². The van der Waals surface area contributed by atoms with Crippen molar-refractivity contribution >= 4 is 17.5 Å².